The van der Waals surface area contributed by atoms with Crippen molar-refractivity contribution >= 4 is 11.6 Å². The maximum absolute atomic E-state index is 12.6. The number of carbonyl (C=O) groups is 1. The maximum atomic E-state index is 12.6. The molecule has 0 aliphatic carbocycles. The highest BCUT2D eigenvalue weighted by atomic mass is 16.5. The molecule has 2 heterocycles. The fraction of sp³-hybridized carbons (Fsp3) is 0.650. The zero-order chi connectivity index (χ0) is 18.5. The van der Waals surface area contributed by atoms with Gasteiger partial charge in [-0.05, 0) is 26.0 Å². The summed E-state index contributed by atoms with van der Waals surface area (Å²) in [5.41, 5.74) is 1.19. The third-order valence-electron chi connectivity index (χ3n) is 5.55. The van der Waals surface area contributed by atoms with Gasteiger partial charge in [0.2, 0.25) is 5.91 Å². The molecule has 2 aliphatic rings. The molecule has 26 heavy (non-hydrogen) atoms. The van der Waals surface area contributed by atoms with Crippen molar-refractivity contribution in [2.75, 3.05) is 70.9 Å². The van der Waals surface area contributed by atoms with Crippen molar-refractivity contribution in [3.05, 3.63) is 24.3 Å². The first-order chi connectivity index (χ1) is 12.6. The number of piperazine rings is 2. The van der Waals surface area contributed by atoms with Crippen molar-refractivity contribution in [2.24, 2.45) is 0 Å². The van der Waals surface area contributed by atoms with Gasteiger partial charge in [-0.2, -0.15) is 0 Å². The van der Waals surface area contributed by atoms with Crippen LogP contribution < -0.4 is 9.64 Å². The number of hydrogen-bond acceptors (Lipinski definition) is 5. The van der Waals surface area contributed by atoms with Crippen LogP contribution in [0.2, 0.25) is 0 Å². The van der Waals surface area contributed by atoms with Gasteiger partial charge in [0.15, 0.2) is 0 Å². The number of rotatable bonds is 5. The van der Waals surface area contributed by atoms with E-state index in [0.717, 1.165) is 58.1 Å². The van der Waals surface area contributed by atoms with Crippen molar-refractivity contribution < 1.29 is 9.53 Å². The van der Waals surface area contributed by atoms with Crippen LogP contribution in [0.3, 0.4) is 0 Å². The topological polar surface area (TPSA) is 39.3 Å². The number of carbonyl (C=O) groups excluding carboxylic acids is 1. The molecular weight excluding hydrogens is 328 g/mol. The van der Waals surface area contributed by atoms with Crippen LogP contribution in [0.5, 0.6) is 5.75 Å². The summed E-state index contributed by atoms with van der Waals surface area (Å²) >= 11 is 0. The lowest BCUT2D eigenvalue weighted by Gasteiger charge is -2.39. The zero-order valence-corrected chi connectivity index (χ0v) is 16.4. The summed E-state index contributed by atoms with van der Waals surface area (Å²) in [7, 11) is 1.70. The number of methoxy groups -OCH3 is 1. The monoisotopic (exact) mass is 360 g/mol. The molecule has 0 atom stereocenters. The van der Waals surface area contributed by atoms with Gasteiger partial charge in [0.25, 0.3) is 0 Å². The van der Waals surface area contributed by atoms with E-state index in [-0.39, 0.29) is 5.91 Å². The van der Waals surface area contributed by atoms with Crippen LogP contribution in [0.4, 0.5) is 5.69 Å². The summed E-state index contributed by atoms with van der Waals surface area (Å²) in [6.45, 7) is 12.4. The SMILES string of the molecule is COc1cccc(N2CCN(CC(=O)N3CCN(C(C)C)CC3)CC2)c1. The van der Waals surface area contributed by atoms with Gasteiger partial charge in [-0.1, -0.05) is 6.07 Å². The van der Waals surface area contributed by atoms with Crippen molar-refractivity contribution in [1.82, 2.24) is 14.7 Å². The molecule has 0 aromatic heterocycles. The lowest BCUT2D eigenvalue weighted by atomic mass is 10.2. The van der Waals surface area contributed by atoms with Crippen molar-refractivity contribution in [2.45, 2.75) is 19.9 Å². The Kier molecular flexibility index (Phi) is 6.38. The molecule has 0 spiro atoms. The highest BCUT2D eigenvalue weighted by Gasteiger charge is 2.25. The number of anilines is 1. The molecule has 2 saturated heterocycles. The molecule has 144 valence electrons. The Morgan fingerprint density at radius 1 is 1.04 bits per heavy atom. The highest BCUT2D eigenvalue weighted by molar-refractivity contribution is 5.78. The summed E-state index contributed by atoms with van der Waals surface area (Å²) < 4.78 is 5.32. The summed E-state index contributed by atoms with van der Waals surface area (Å²) in [5, 5.41) is 0. The highest BCUT2D eigenvalue weighted by Crippen LogP contribution is 2.22. The van der Waals surface area contributed by atoms with Gasteiger partial charge >= 0.3 is 0 Å². The second-order valence-electron chi connectivity index (χ2n) is 7.48. The fourth-order valence-corrected chi connectivity index (χ4v) is 3.75. The van der Waals surface area contributed by atoms with E-state index in [1.54, 1.807) is 7.11 Å². The van der Waals surface area contributed by atoms with E-state index in [1.807, 2.05) is 17.0 Å². The van der Waals surface area contributed by atoms with E-state index in [9.17, 15) is 4.79 Å². The molecule has 6 nitrogen and oxygen atoms in total. The van der Waals surface area contributed by atoms with Gasteiger partial charge in [0.1, 0.15) is 5.75 Å². The predicted octanol–water partition coefficient (Wildman–Crippen LogP) is 1.37. The number of benzene rings is 1. The zero-order valence-electron chi connectivity index (χ0n) is 16.4. The second-order valence-corrected chi connectivity index (χ2v) is 7.48. The Morgan fingerprint density at radius 3 is 2.35 bits per heavy atom. The van der Waals surface area contributed by atoms with Crippen LogP contribution in [0.1, 0.15) is 13.8 Å². The van der Waals surface area contributed by atoms with Gasteiger partial charge in [0, 0.05) is 70.2 Å². The van der Waals surface area contributed by atoms with Gasteiger partial charge < -0.3 is 14.5 Å². The Labute approximate surface area is 157 Å². The maximum Gasteiger partial charge on any atom is 0.236 e. The first-order valence-electron chi connectivity index (χ1n) is 9.70. The van der Waals surface area contributed by atoms with Crippen molar-refractivity contribution in [3.63, 3.8) is 0 Å². The third-order valence-corrected chi connectivity index (χ3v) is 5.55. The quantitative estimate of drug-likeness (QED) is 0.793. The normalized spacial score (nSPS) is 19.8. The number of ether oxygens (including phenoxy) is 1. The molecule has 0 bridgehead atoms. The molecular formula is C20H32N4O2. The van der Waals surface area contributed by atoms with Gasteiger partial charge in [-0.3, -0.25) is 14.6 Å². The minimum atomic E-state index is 0.281. The molecule has 3 rings (SSSR count). The Balaban J connectivity index is 1.44. The number of hydrogen-bond donors (Lipinski definition) is 0. The Morgan fingerprint density at radius 2 is 1.73 bits per heavy atom. The average molecular weight is 361 g/mol. The predicted molar refractivity (Wildman–Crippen MR) is 105 cm³/mol. The van der Waals surface area contributed by atoms with Crippen LogP contribution in [0, 0.1) is 0 Å². The van der Waals surface area contributed by atoms with E-state index >= 15 is 0 Å². The second kappa shape index (κ2) is 8.73. The number of amides is 1. The minimum absolute atomic E-state index is 0.281. The van der Waals surface area contributed by atoms with Crippen LogP contribution in [0.25, 0.3) is 0 Å². The standard InChI is InChI=1S/C20H32N4O2/c1-17(2)22-11-13-24(14-12-22)20(25)16-21-7-9-23(10-8-21)18-5-4-6-19(15-18)26-3/h4-6,15,17H,7-14,16H2,1-3H3. The van der Waals surface area contributed by atoms with Gasteiger partial charge in [-0.15, -0.1) is 0 Å². The molecule has 0 unspecified atom stereocenters. The molecule has 0 saturated carbocycles. The molecule has 1 aromatic carbocycles. The molecule has 1 amide bonds. The van der Waals surface area contributed by atoms with E-state index in [4.69, 9.17) is 4.74 Å². The minimum Gasteiger partial charge on any atom is -0.497 e. The van der Waals surface area contributed by atoms with E-state index in [1.165, 1.54) is 5.69 Å². The van der Waals surface area contributed by atoms with Crippen molar-refractivity contribution in [3.8, 4) is 5.75 Å². The first kappa shape index (κ1) is 19.0. The summed E-state index contributed by atoms with van der Waals surface area (Å²) in [5.74, 6) is 1.17. The van der Waals surface area contributed by atoms with Crippen LogP contribution in [-0.2, 0) is 4.79 Å². The van der Waals surface area contributed by atoms with Crippen LogP contribution in [0.15, 0.2) is 24.3 Å². The molecule has 6 heteroatoms. The van der Waals surface area contributed by atoms with E-state index in [2.05, 4.69) is 40.7 Å². The first-order valence-corrected chi connectivity index (χ1v) is 9.70. The fourth-order valence-electron chi connectivity index (χ4n) is 3.75. The smallest absolute Gasteiger partial charge is 0.236 e. The average Bonchev–Trinajstić information content (AvgIpc) is 2.68. The number of nitrogens with zero attached hydrogens (tertiary/aromatic N) is 4. The Bertz CT molecular complexity index is 591. The van der Waals surface area contributed by atoms with E-state index < -0.39 is 0 Å². The third kappa shape index (κ3) is 4.68. The summed E-state index contributed by atoms with van der Waals surface area (Å²) in [6, 6.07) is 8.77. The summed E-state index contributed by atoms with van der Waals surface area (Å²) in [4.78, 5) is 21.7. The van der Waals surface area contributed by atoms with Gasteiger partial charge in [0.05, 0.1) is 13.7 Å². The Hall–Kier alpha value is -1.79. The molecule has 0 N–H and O–H groups in total. The van der Waals surface area contributed by atoms with Crippen LogP contribution >= 0.6 is 0 Å². The lowest BCUT2D eigenvalue weighted by Crippen LogP contribution is -2.54. The van der Waals surface area contributed by atoms with Gasteiger partial charge in [-0.25, -0.2) is 0 Å². The molecule has 0 radical (unpaired) electrons. The lowest BCUT2D eigenvalue weighted by molar-refractivity contribution is -0.134. The molecule has 2 fully saturated rings. The van der Waals surface area contributed by atoms with E-state index in [0.29, 0.717) is 12.6 Å². The summed E-state index contributed by atoms with van der Waals surface area (Å²) in [6.07, 6.45) is 0. The largest absolute Gasteiger partial charge is 0.497 e. The molecule has 2 aliphatic heterocycles. The van der Waals surface area contributed by atoms with Crippen molar-refractivity contribution in [1.29, 1.82) is 0 Å². The molecule has 1 aromatic rings. The van der Waals surface area contributed by atoms with Crippen LogP contribution in [-0.4, -0.2) is 92.7 Å².